The van der Waals surface area contributed by atoms with Crippen LogP contribution >= 0.6 is 0 Å². The minimum atomic E-state index is -0.336. The molecule has 1 aromatic carbocycles. The highest BCUT2D eigenvalue weighted by Crippen LogP contribution is 2.22. The van der Waals surface area contributed by atoms with Gasteiger partial charge in [0.1, 0.15) is 0 Å². The number of benzene rings is 1. The van der Waals surface area contributed by atoms with Crippen molar-refractivity contribution in [1.29, 1.82) is 5.26 Å². The van der Waals surface area contributed by atoms with Crippen molar-refractivity contribution >= 4 is 11.6 Å². The van der Waals surface area contributed by atoms with Crippen molar-refractivity contribution in [1.82, 2.24) is 4.90 Å². The predicted molar refractivity (Wildman–Crippen MR) is 80.6 cm³/mol. The summed E-state index contributed by atoms with van der Waals surface area (Å²) in [6.45, 7) is 5.23. The van der Waals surface area contributed by atoms with Crippen LogP contribution < -0.4 is 5.32 Å². The van der Waals surface area contributed by atoms with Gasteiger partial charge in [-0.3, -0.25) is 9.69 Å². The first-order valence-corrected chi connectivity index (χ1v) is 7.24. The molecule has 2 N–H and O–H groups in total. The summed E-state index contributed by atoms with van der Waals surface area (Å²) in [6, 6.07) is 8.68. The molecule has 0 radical (unpaired) electrons. The zero-order valence-corrected chi connectivity index (χ0v) is 12.4. The van der Waals surface area contributed by atoms with Crippen molar-refractivity contribution in [3.8, 4) is 6.07 Å². The summed E-state index contributed by atoms with van der Waals surface area (Å²) in [7, 11) is 0. The molecule has 0 saturated carbocycles. The van der Waals surface area contributed by atoms with Crippen LogP contribution in [0.5, 0.6) is 0 Å². The fraction of sp³-hybridized carbons (Fsp3) is 0.500. The molecule has 0 aliphatic carbocycles. The van der Waals surface area contributed by atoms with Gasteiger partial charge in [0, 0.05) is 12.2 Å². The quantitative estimate of drug-likeness (QED) is 0.881. The van der Waals surface area contributed by atoms with Gasteiger partial charge in [-0.15, -0.1) is 0 Å². The fourth-order valence-electron chi connectivity index (χ4n) is 2.64. The first kappa shape index (κ1) is 15.5. The number of carbonyl (C=O) groups is 1. The number of carbonyl (C=O) groups excluding carboxylic acids is 1. The molecule has 0 spiro atoms. The summed E-state index contributed by atoms with van der Waals surface area (Å²) < 4.78 is 0. The summed E-state index contributed by atoms with van der Waals surface area (Å²) in [6.07, 6.45) is 0.580. The number of anilines is 1. The van der Waals surface area contributed by atoms with E-state index in [2.05, 4.69) is 16.3 Å². The topological polar surface area (TPSA) is 76.4 Å². The van der Waals surface area contributed by atoms with E-state index in [-0.39, 0.29) is 24.0 Å². The highest BCUT2D eigenvalue weighted by Gasteiger charge is 2.31. The first-order valence-electron chi connectivity index (χ1n) is 7.24. The number of hydrogen-bond acceptors (Lipinski definition) is 4. The number of hydrogen-bond donors (Lipinski definition) is 2. The third-order valence-corrected chi connectivity index (χ3v) is 4.12. The second-order valence-electron chi connectivity index (χ2n) is 5.64. The molecule has 1 amide bonds. The molecular formula is C16H21N3O2. The second-order valence-corrected chi connectivity index (χ2v) is 5.64. The van der Waals surface area contributed by atoms with E-state index in [4.69, 9.17) is 5.26 Å². The summed E-state index contributed by atoms with van der Waals surface area (Å²) in [5.74, 6) is 0.151. The Balaban J connectivity index is 1.95. The Morgan fingerprint density at radius 3 is 2.90 bits per heavy atom. The number of aliphatic hydroxyl groups is 1. The number of amides is 1. The van der Waals surface area contributed by atoms with Gasteiger partial charge in [-0.1, -0.05) is 6.07 Å². The number of likely N-dealkylation sites (tertiary alicyclic amines) is 1. The minimum Gasteiger partial charge on any atom is -0.393 e. The largest absolute Gasteiger partial charge is 0.393 e. The Kier molecular flexibility index (Phi) is 4.94. The summed E-state index contributed by atoms with van der Waals surface area (Å²) in [5.41, 5.74) is 1.16. The van der Waals surface area contributed by atoms with Gasteiger partial charge < -0.3 is 10.4 Å². The molecule has 1 saturated heterocycles. The first-order chi connectivity index (χ1) is 10.0. The van der Waals surface area contributed by atoms with Crippen molar-refractivity contribution in [3.63, 3.8) is 0 Å². The van der Waals surface area contributed by atoms with Crippen LogP contribution in [-0.2, 0) is 4.79 Å². The lowest BCUT2D eigenvalue weighted by molar-refractivity contribution is -0.120. The van der Waals surface area contributed by atoms with Gasteiger partial charge in [-0.05, 0) is 50.9 Å². The van der Waals surface area contributed by atoms with Crippen molar-refractivity contribution in [3.05, 3.63) is 29.8 Å². The molecule has 1 aliphatic rings. The van der Waals surface area contributed by atoms with E-state index in [1.54, 1.807) is 31.2 Å². The summed E-state index contributed by atoms with van der Waals surface area (Å²) >= 11 is 0. The fourth-order valence-corrected chi connectivity index (χ4v) is 2.64. The smallest absolute Gasteiger partial charge is 0.241 e. The molecular weight excluding hydrogens is 266 g/mol. The number of rotatable bonds is 4. The molecule has 5 nitrogen and oxygen atoms in total. The van der Waals surface area contributed by atoms with Gasteiger partial charge >= 0.3 is 0 Å². The maximum Gasteiger partial charge on any atom is 0.241 e. The lowest BCUT2D eigenvalue weighted by atomic mass is 10.0. The Morgan fingerprint density at radius 1 is 1.52 bits per heavy atom. The number of nitrogens with one attached hydrogen (secondary N) is 1. The van der Waals surface area contributed by atoms with Crippen LogP contribution in [0.3, 0.4) is 0 Å². The zero-order chi connectivity index (χ0) is 15.4. The van der Waals surface area contributed by atoms with Crippen molar-refractivity contribution < 1.29 is 9.90 Å². The van der Waals surface area contributed by atoms with Gasteiger partial charge in [0.05, 0.1) is 23.8 Å². The molecule has 0 aromatic heterocycles. The molecule has 1 aromatic rings. The molecule has 1 aliphatic heterocycles. The predicted octanol–water partition coefficient (Wildman–Crippen LogP) is 1.59. The van der Waals surface area contributed by atoms with Crippen LogP contribution in [0.1, 0.15) is 25.8 Å². The molecule has 112 valence electrons. The molecule has 1 fully saturated rings. The van der Waals surface area contributed by atoms with E-state index < -0.39 is 0 Å². The summed E-state index contributed by atoms with van der Waals surface area (Å²) in [4.78, 5) is 14.4. The second kappa shape index (κ2) is 6.70. The maximum absolute atomic E-state index is 12.3. The van der Waals surface area contributed by atoms with E-state index in [9.17, 15) is 9.90 Å². The molecule has 0 bridgehead atoms. The van der Waals surface area contributed by atoms with Crippen LogP contribution in [0.15, 0.2) is 24.3 Å². The number of nitrogens with zero attached hydrogens (tertiary/aromatic N) is 2. The standard InChI is InChI=1S/C16H21N3O2/c1-11(19-7-6-14(10-19)12(2)20)16(21)18-15-5-3-4-13(8-15)9-17/h3-5,8,11-12,14,20H,6-7,10H2,1-2H3,(H,18,21). The normalized spacial score (nSPS) is 21.5. The van der Waals surface area contributed by atoms with E-state index in [0.717, 1.165) is 19.5 Å². The lowest BCUT2D eigenvalue weighted by Crippen LogP contribution is -2.41. The van der Waals surface area contributed by atoms with Gasteiger partial charge in [-0.25, -0.2) is 0 Å². The maximum atomic E-state index is 12.3. The highest BCUT2D eigenvalue weighted by molar-refractivity contribution is 5.94. The molecule has 3 atom stereocenters. The van der Waals surface area contributed by atoms with Gasteiger partial charge in [0.25, 0.3) is 0 Å². The van der Waals surface area contributed by atoms with E-state index in [1.165, 1.54) is 0 Å². The van der Waals surface area contributed by atoms with Crippen molar-refractivity contribution in [2.24, 2.45) is 5.92 Å². The van der Waals surface area contributed by atoms with E-state index in [1.807, 2.05) is 6.92 Å². The highest BCUT2D eigenvalue weighted by atomic mass is 16.3. The van der Waals surface area contributed by atoms with Gasteiger partial charge in [0.15, 0.2) is 0 Å². The molecule has 5 heteroatoms. The third kappa shape index (κ3) is 3.81. The molecule has 2 rings (SSSR count). The lowest BCUT2D eigenvalue weighted by Gasteiger charge is -2.24. The SMILES string of the molecule is CC(O)C1CCN(C(C)C(=O)Nc2cccc(C#N)c2)C1. The molecule has 3 unspecified atom stereocenters. The van der Waals surface area contributed by atoms with Crippen molar-refractivity contribution in [2.45, 2.75) is 32.4 Å². The van der Waals surface area contributed by atoms with Crippen LogP contribution in [0.2, 0.25) is 0 Å². The van der Waals surface area contributed by atoms with E-state index >= 15 is 0 Å². The minimum absolute atomic E-state index is 0.0867. The summed E-state index contributed by atoms with van der Waals surface area (Å²) in [5, 5.41) is 21.3. The molecule has 21 heavy (non-hydrogen) atoms. The Labute approximate surface area is 125 Å². The van der Waals surface area contributed by atoms with Crippen LogP contribution in [0, 0.1) is 17.2 Å². The van der Waals surface area contributed by atoms with Crippen molar-refractivity contribution in [2.75, 3.05) is 18.4 Å². The Hall–Kier alpha value is -1.90. The van der Waals surface area contributed by atoms with Gasteiger partial charge in [0.2, 0.25) is 5.91 Å². The van der Waals surface area contributed by atoms with Crippen LogP contribution in [-0.4, -0.2) is 41.1 Å². The third-order valence-electron chi connectivity index (χ3n) is 4.12. The van der Waals surface area contributed by atoms with Gasteiger partial charge in [-0.2, -0.15) is 5.26 Å². The van der Waals surface area contributed by atoms with E-state index in [0.29, 0.717) is 11.3 Å². The van der Waals surface area contributed by atoms with Crippen LogP contribution in [0.25, 0.3) is 0 Å². The van der Waals surface area contributed by atoms with Crippen LogP contribution in [0.4, 0.5) is 5.69 Å². The number of nitriles is 1. The average molecular weight is 287 g/mol. The number of aliphatic hydroxyl groups excluding tert-OH is 1. The average Bonchev–Trinajstić information content (AvgIpc) is 2.96. The Morgan fingerprint density at radius 2 is 2.29 bits per heavy atom. The molecule has 1 heterocycles. The zero-order valence-electron chi connectivity index (χ0n) is 12.4. The Bertz CT molecular complexity index is 551. The monoisotopic (exact) mass is 287 g/mol.